The highest BCUT2D eigenvalue weighted by Gasteiger charge is 2.19. The molecule has 0 aliphatic carbocycles. The highest BCUT2D eigenvalue weighted by Crippen LogP contribution is 2.31. The molecule has 166 valence electrons. The minimum atomic E-state index is -4.02. The topological polar surface area (TPSA) is 94.1 Å². The summed E-state index contributed by atoms with van der Waals surface area (Å²) in [7, 11) is -4.02. The van der Waals surface area contributed by atoms with Crippen molar-refractivity contribution in [3.05, 3.63) is 87.9 Å². The molecule has 7 nitrogen and oxygen atoms in total. The number of benzene rings is 3. The fraction of sp³-hybridized carbons (Fsp3) is 0.130. The molecule has 0 aromatic heterocycles. The van der Waals surface area contributed by atoms with E-state index in [1.54, 1.807) is 49.4 Å². The summed E-state index contributed by atoms with van der Waals surface area (Å²) in [5.41, 5.74) is 4.43. The number of hydrogen-bond donors (Lipinski definition) is 1. The Morgan fingerprint density at radius 1 is 1.06 bits per heavy atom. The van der Waals surface area contributed by atoms with Crippen molar-refractivity contribution in [3.8, 4) is 11.5 Å². The third-order valence-electron chi connectivity index (χ3n) is 4.24. The largest absolute Gasteiger partial charge is 0.490 e. The van der Waals surface area contributed by atoms with Crippen LogP contribution >= 0.6 is 15.9 Å². The molecule has 0 aliphatic rings. The molecule has 9 heteroatoms. The van der Waals surface area contributed by atoms with Crippen molar-refractivity contribution in [1.82, 2.24) is 5.43 Å². The Hall–Kier alpha value is -3.17. The number of carbonyl (C=O) groups excluding carboxylic acids is 1. The minimum Gasteiger partial charge on any atom is -0.490 e. The van der Waals surface area contributed by atoms with E-state index in [1.165, 1.54) is 24.4 Å². The number of rotatable bonds is 8. The second-order valence-electron chi connectivity index (χ2n) is 6.70. The number of halogens is 1. The van der Waals surface area contributed by atoms with E-state index in [0.717, 1.165) is 10.0 Å². The van der Waals surface area contributed by atoms with E-state index >= 15 is 0 Å². The summed E-state index contributed by atoms with van der Waals surface area (Å²) in [5.74, 6) is -0.0649. The Kier molecular flexibility index (Phi) is 7.66. The van der Waals surface area contributed by atoms with Crippen molar-refractivity contribution in [1.29, 1.82) is 0 Å². The van der Waals surface area contributed by atoms with Crippen LogP contribution in [0.5, 0.6) is 11.5 Å². The summed E-state index contributed by atoms with van der Waals surface area (Å²) in [6.07, 6.45) is 1.43. The number of amides is 1. The van der Waals surface area contributed by atoms with Crippen molar-refractivity contribution < 1.29 is 22.1 Å². The second-order valence-corrected chi connectivity index (χ2v) is 9.16. The van der Waals surface area contributed by atoms with Crippen molar-refractivity contribution >= 4 is 38.2 Å². The molecule has 0 unspecified atom stereocenters. The van der Waals surface area contributed by atoms with Crippen molar-refractivity contribution in [2.24, 2.45) is 5.10 Å². The molecule has 1 amide bonds. The van der Waals surface area contributed by atoms with Crippen LogP contribution in [0.3, 0.4) is 0 Å². The lowest BCUT2D eigenvalue weighted by Gasteiger charge is -2.12. The number of nitrogens with one attached hydrogen (secondary N) is 1. The number of nitrogens with zero attached hydrogens (tertiary/aromatic N) is 1. The molecule has 0 heterocycles. The molecular formula is C23H21BrN2O5S. The Bertz CT molecular complexity index is 1240. The lowest BCUT2D eigenvalue weighted by molar-refractivity contribution is 0.0955. The smallest absolute Gasteiger partial charge is 0.339 e. The molecule has 1 N–H and O–H groups in total. The monoisotopic (exact) mass is 516 g/mol. The third-order valence-corrected chi connectivity index (χ3v) is 5.99. The molecule has 0 radical (unpaired) electrons. The van der Waals surface area contributed by atoms with E-state index in [0.29, 0.717) is 17.7 Å². The van der Waals surface area contributed by atoms with E-state index in [-0.39, 0.29) is 22.3 Å². The predicted molar refractivity (Wildman–Crippen MR) is 126 cm³/mol. The molecule has 3 rings (SSSR count). The summed E-state index contributed by atoms with van der Waals surface area (Å²) >= 11 is 3.32. The van der Waals surface area contributed by atoms with Crippen LogP contribution in [0.4, 0.5) is 0 Å². The molecule has 3 aromatic rings. The number of hydrogen-bond acceptors (Lipinski definition) is 6. The summed E-state index contributed by atoms with van der Waals surface area (Å²) < 4.78 is 36.8. The fourth-order valence-corrected chi connectivity index (χ4v) is 4.01. The van der Waals surface area contributed by atoms with Gasteiger partial charge in [-0.25, -0.2) is 5.43 Å². The lowest BCUT2D eigenvalue weighted by Crippen LogP contribution is -2.17. The van der Waals surface area contributed by atoms with Gasteiger partial charge in [0.2, 0.25) is 0 Å². The molecular weight excluding hydrogens is 496 g/mol. The van der Waals surface area contributed by atoms with Crippen LogP contribution in [-0.2, 0) is 10.1 Å². The fourth-order valence-electron chi connectivity index (χ4n) is 2.67. The highest BCUT2D eigenvalue weighted by molar-refractivity contribution is 9.10. The van der Waals surface area contributed by atoms with E-state index in [4.69, 9.17) is 8.92 Å². The zero-order chi connectivity index (χ0) is 23.1. The second kappa shape index (κ2) is 10.4. The van der Waals surface area contributed by atoms with Gasteiger partial charge >= 0.3 is 10.1 Å². The van der Waals surface area contributed by atoms with Gasteiger partial charge in [0, 0.05) is 10.0 Å². The van der Waals surface area contributed by atoms with E-state index in [9.17, 15) is 13.2 Å². The van der Waals surface area contributed by atoms with Gasteiger partial charge in [0.25, 0.3) is 5.91 Å². The Labute approximate surface area is 195 Å². The molecule has 0 spiro atoms. The van der Waals surface area contributed by atoms with Gasteiger partial charge < -0.3 is 8.92 Å². The average Bonchev–Trinajstić information content (AvgIpc) is 2.76. The van der Waals surface area contributed by atoms with Crippen molar-refractivity contribution in [3.63, 3.8) is 0 Å². The van der Waals surface area contributed by atoms with Crippen LogP contribution < -0.4 is 14.3 Å². The lowest BCUT2D eigenvalue weighted by atomic mass is 10.2. The van der Waals surface area contributed by atoms with E-state index < -0.39 is 10.1 Å². The normalized spacial score (nSPS) is 11.3. The van der Waals surface area contributed by atoms with Gasteiger partial charge in [-0.2, -0.15) is 13.5 Å². The molecule has 0 atom stereocenters. The Morgan fingerprint density at radius 2 is 1.81 bits per heavy atom. The number of aryl methyl sites for hydroxylation is 1. The first-order chi connectivity index (χ1) is 15.3. The molecule has 0 saturated heterocycles. The maximum absolute atomic E-state index is 12.6. The van der Waals surface area contributed by atoms with E-state index in [2.05, 4.69) is 26.5 Å². The minimum absolute atomic E-state index is 0.0476. The molecule has 0 fully saturated rings. The van der Waals surface area contributed by atoms with Crippen LogP contribution in [0.1, 0.15) is 28.4 Å². The van der Waals surface area contributed by atoms with Crippen LogP contribution in [0, 0.1) is 6.92 Å². The average molecular weight is 517 g/mol. The Balaban J connectivity index is 1.76. The van der Waals surface area contributed by atoms with Crippen LogP contribution in [0.15, 0.2) is 81.2 Å². The van der Waals surface area contributed by atoms with Gasteiger partial charge in [0.15, 0.2) is 11.5 Å². The predicted octanol–water partition coefficient (Wildman–Crippen LogP) is 4.69. The van der Waals surface area contributed by atoms with Crippen molar-refractivity contribution in [2.45, 2.75) is 18.7 Å². The molecule has 32 heavy (non-hydrogen) atoms. The zero-order valence-corrected chi connectivity index (χ0v) is 19.8. The maximum atomic E-state index is 12.6. The summed E-state index contributed by atoms with van der Waals surface area (Å²) in [4.78, 5) is 12.2. The van der Waals surface area contributed by atoms with Crippen LogP contribution in [0.2, 0.25) is 0 Å². The highest BCUT2D eigenvalue weighted by atomic mass is 79.9. The SMILES string of the molecule is CCOc1cc(C=NNC(=O)c2cccc(Br)c2)ccc1OS(=O)(=O)c1ccc(C)cc1. The number of ether oxygens (including phenoxy) is 1. The first-order valence-corrected chi connectivity index (χ1v) is 11.9. The molecule has 0 aliphatic heterocycles. The standard InChI is InChI=1S/C23H21BrN2O5S/c1-3-30-22-13-17(15-25-26-23(27)18-5-4-6-19(24)14-18)9-12-21(22)31-32(28,29)20-10-7-16(2)8-11-20/h4-15H,3H2,1-2H3,(H,26,27). The first-order valence-electron chi connectivity index (χ1n) is 9.65. The van der Waals surface area contributed by atoms with Crippen LogP contribution in [0.25, 0.3) is 0 Å². The summed E-state index contributed by atoms with van der Waals surface area (Å²) in [5, 5.41) is 3.95. The molecule has 0 saturated carbocycles. The zero-order valence-electron chi connectivity index (χ0n) is 17.4. The van der Waals surface area contributed by atoms with Crippen LogP contribution in [-0.4, -0.2) is 27.1 Å². The van der Waals surface area contributed by atoms with Gasteiger partial charge in [-0.15, -0.1) is 0 Å². The number of hydrazone groups is 1. The molecule has 0 bridgehead atoms. The first kappa shape index (κ1) is 23.5. The summed E-state index contributed by atoms with van der Waals surface area (Å²) in [6, 6.07) is 18.0. The summed E-state index contributed by atoms with van der Waals surface area (Å²) in [6.45, 7) is 3.95. The Morgan fingerprint density at radius 3 is 2.50 bits per heavy atom. The van der Waals surface area contributed by atoms with Gasteiger partial charge in [-0.1, -0.05) is 39.7 Å². The van der Waals surface area contributed by atoms with Gasteiger partial charge in [-0.05, 0) is 67.9 Å². The van der Waals surface area contributed by atoms with Gasteiger partial charge in [0.1, 0.15) is 4.90 Å². The quantitative estimate of drug-likeness (QED) is 0.266. The van der Waals surface area contributed by atoms with Gasteiger partial charge in [-0.3, -0.25) is 4.79 Å². The van der Waals surface area contributed by atoms with E-state index in [1.807, 2.05) is 13.0 Å². The number of carbonyl (C=O) groups is 1. The van der Waals surface area contributed by atoms with Crippen molar-refractivity contribution in [2.75, 3.05) is 6.61 Å². The third kappa shape index (κ3) is 6.18. The van der Waals surface area contributed by atoms with Gasteiger partial charge in [0.05, 0.1) is 12.8 Å². The molecule has 3 aromatic carbocycles. The maximum Gasteiger partial charge on any atom is 0.339 e.